The van der Waals surface area contributed by atoms with Gasteiger partial charge in [-0.1, -0.05) is 13.8 Å². The smallest absolute Gasteiger partial charge is 0.237 e. The van der Waals surface area contributed by atoms with E-state index >= 15 is 0 Å². The summed E-state index contributed by atoms with van der Waals surface area (Å²) in [6.45, 7) is 12.9. The first-order valence-electron chi connectivity index (χ1n) is 8.12. The maximum atomic E-state index is 11.8. The molecule has 0 aromatic heterocycles. The van der Waals surface area contributed by atoms with Gasteiger partial charge < -0.3 is 11.1 Å². The Kier molecular flexibility index (Phi) is 6.46. The van der Waals surface area contributed by atoms with Crippen molar-refractivity contribution >= 4 is 5.91 Å². The molecule has 1 saturated heterocycles. The van der Waals surface area contributed by atoms with Crippen LogP contribution in [-0.2, 0) is 4.79 Å². The number of amides is 1. The van der Waals surface area contributed by atoms with E-state index in [0.717, 1.165) is 31.8 Å². The first kappa shape index (κ1) is 17.4. The lowest BCUT2D eigenvalue weighted by Crippen LogP contribution is -2.58. The Labute approximate surface area is 124 Å². The summed E-state index contributed by atoms with van der Waals surface area (Å²) in [5, 5.41) is 3.34. The van der Waals surface area contributed by atoms with Crippen molar-refractivity contribution in [2.45, 2.75) is 77.9 Å². The van der Waals surface area contributed by atoms with Crippen LogP contribution in [0, 0.1) is 5.92 Å². The van der Waals surface area contributed by atoms with Crippen LogP contribution in [0.25, 0.3) is 0 Å². The normalized spacial score (nSPS) is 28.9. The van der Waals surface area contributed by atoms with Gasteiger partial charge in [-0.3, -0.25) is 9.69 Å². The first-order valence-corrected chi connectivity index (χ1v) is 8.12. The summed E-state index contributed by atoms with van der Waals surface area (Å²) >= 11 is 0. The predicted molar refractivity (Wildman–Crippen MR) is 84.5 cm³/mol. The maximum absolute atomic E-state index is 11.8. The van der Waals surface area contributed by atoms with Gasteiger partial charge in [0.1, 0.15) is 0 Å². The maximum Gasteiger partial charge on any atom is 0.237 e. The quantitative estimate of drug-likeness (QED) is 0.752. The monoisotopic (exact) mass is 283 g/mol. The fourth-order valence-electron chi connectivity index (χ4n) is 3.36. The van der Waals surface area contributed by atoms with Crippen LogP contribution in [0.5, 0.6) is 0 Å². The van der Waals surface area contributed by atoms with Gasteiger partial charge in [0, 0.05) is 12.1 Å². The van der Waals surface area contributed by atoms with E-state index < -0.39 is 5.54 Å². The number of hydrogen-bond acceptors (Lipinski definition) is 3. The minimum atomic E-state index is -0.601. The molecule has 118 valence electrons. The predicted octanol–water partition coefficient (Wildman–Crippen LogP) is 2.13. The van der Waals surface area contributed by atoms with Gasteiger partial charge in [0.25, 0.3) is 0 Å². The van der Waals surface area contributed by atoms with E-state index in [-0.39, 0.29) is 5.91 Å². The summed E-state index contributed by atoms with van der Waals surface area (Å²) in [7, 11) is 0. The minimum absolute atomic E-state index is 0.240. The van der Waals surface area contributed by atoms with Crippen molar-refractivity contribution in [3.63, 3.8) is 0 Å². The summed E-state index contributed by atoms with van der Waals surface area (Å²) in [5.74, 6) is 0.491. The Morgan fingerprint density at radius 3 is 2.70 bits per heavy atom. The molecule has 1 aliphatic rings. The van der Waals surface area contributed by atoms with E-state index in [2.05, 4.69) is 37.9 Å². The van der Waals surface area contributed by atoms with Gasteiger partial charge in [-0.05, 0) is 65.5 Å². The van der Waals surface area contributed by atoms with Crippen LogP contribution in [0.15, 0.2) is 0 Å². The van der Waals surface area contributed by atoms with Crippen molar-refractivity contribution in [2.24, 2.45) is 11.7 Å². The highest BCUT2D eigenvalue weighted by molar-refractivity contribution is 5.84. The summed E-state index contributed by atoms with van der Waals surface area (Å²) < 4.78 is 0. The molecular weight excluding hydrogens is 250 g/mol. The molecule has 0 radical (unpaired) electrons. The van der Waals surface area contributed by atoms with Crippen molar-refractivity contribution in [2.75, 3.05) is 13.1 Å². The third kappa shape index (κ3) is 4.19. The summed E-state index contributed by atoms with van der Waals surface area (Å²) in [6, 6.07) is 0.955. The number of rotatable bonds is 7. The Morgan fingerprint density at radius 1 is 1.50 bits per heavy atom. The van der Waals surface area contributed by atoms with E-state index in [1.165, 1.54) is 12.8 Å². The number of carbonyl (C=O) groups excluding carboxylic acids is 1. The molecule has 0 bridgehead atoms. The summed E-state index contributed by atoms with van der Waals surface area (Å²) in [5.41, 5.74) is 5.03. The molecule has 4 unspecified atom stereocenters. The molecule has 1 aliphatic heterocycles. The zero-order valence-electron chi connectivity index (χ0n) is 13.9. The fraction of sp³-hybridized carbons (Fsp3) is 0.938. The highest BCUT2D eigenvalue weighted by atomic mass is 16.1. The molecule has 0 aromatic rings. The molecule has 4 nitrogen and oxygen atoms in total. The third-order valence-electron chi connectivity index (χ3n) is 5.00. The van der Waals surface area contributed by atoms with E-state index in [9.17, 15) is 4.79 Å². The molecular formula is C16H33N3O. The lowest BCUT2D eigenvalue weighted by molar-refractivity contribution is -0.124. The van der Waals surface area contributed by atoms with Crippen molar-refractivity contribution in [1.29, 1.82) is 0 Å². The Hall–Kier alpha value is -0.610. The molecule has 4 heteroatoms. The van der Waals surface area contributed by atoms with Crippen molar-refractivity contribution < 1.29 is 4.79 Å². The van der Waals surface area contributed by atoms with Crippen LogP contribution in [0.1, 0.15) is 60.3 Å². The number of carbonyl (C=O) groups is 1. The molecule has 20 heavy (non-hydrogen) atoms. The largest absolute Gasteiger partial charge is 0.368 e. The van der Waals surface area contributed by atoms with E-state index in [1.54, 1.807) is 0 Å². The van der Waals surface area contributed by atoms with Crippen molar-refractivity contribution in [1.82, 2.24) is 10.2 Å². The van der Waals surface area contributed by atoms with Crippen LogP contribution < -0.4 is 11.1 Å². The van der Waals surface area contributed by atoms with Gasteiger partial charge in [0.05, 0.1) is 5.54 Å². The number of primary amides is 1. The standard InChI is InChI=1S/C16H33N3O/c1-6-9-18-16(5,15(17)20)11-13(3)19-10-7-8-12(2)14(19)4/h12-14,18H,6-11H2,1-5H3,(H2,17,20). The van der Waals surface area contributed by atoms with Gasteiger partial charge in [-0.2, -0.15) is 0 Å². The van der Waals surface area contributed by atoms with Crippen LogP contribution in [0.3, 0.4) is 0 Å². The second-order valence-corrected chi connectivity index (χ2v) is 6.77. The number of likely N-dealkylation sites (tertiary alicyclic amines) is 1. The third-order valence-corrected chi connectivity index (χ3v) is 5.00. The van der Waals surface area contributed by atoms with Gasteiger partial charge in [0.15, 0.2) is 0 Å². The number of nitrogens with zero attached hydrogens (tertiary/aromatic N) is 1. The van der Waals surface area contributed by atoms with Crippen LogP contribution in [0.2, 0.25) is 0 Å². The van der Waals surface area contributed by atoms with Crippen LogP contribution in [-0.4, -0.2) is 41.5 Å². The number of piperidine rings is 1. The number of hydrogen-bond donors (Lipinski definition) is 2. The molecule has 4 atom stereocenters. The molecule has 1 rings (SSSR count). The van der Waals surface area contributed by atoms with Crippen molar-refractivity contribution in [3.8, 4) is 0 Å². The van der Waals surface area contributed by atoms with Crippen LogP contribution in [0.4, 0.5) is 0 Å². The molecule has 0 aromatic carbocycles. The van der Waals surface area contributed by atoms with E-state index in [4.69, 9.17) is 5.73 Å². The lowest BCUT2D eigenvalue weighted by Gasteiger charge is -2.44. The molecule has 1 fully saturated rings. The fourth-order valence-corrected chi connectivity index (χ4v) is 3.36. The molecule has 3 N–H and O–H groups in total. The average molecular weight is 283 g/mol. The van der Waals surface area contributed by atoms with Gasteiger partial charge >= 0.3 is 0 Å². The van der Waals surface area contributed by atoms with Crippen molar-refractivity contribution in [3.05, 3.63) is 0 Å². The van der Waals surface area contributed by atoms with E-state index in [0.29, 0.717) is 12.1 Å². The molecule has 1 amide bonds. The van der Waals surface area contributed by atoms with Gasteiger partial charge in [-0.25, -0.2) is 0 Å². The molecule has 0 spiro atoms. The number of nitrogens with two attached hydrogens (primary N) is 1. The Balaban J connectivity index is 2.70. The lowest BCUT2D eigenvalue weighted by atomic mass is 9.87. The molecule has 1 heterocycles. The molecule has 0 aliphatic carbocycles. The highest BCUT2D eigenvalue weighted by Gasteiger charge is 2.36. The van der Waals surface area contributed by atoms with Crippen LogP contribution >= 0.6 is 0 Å². The summed E-state index contributed by atoms with van der Waals surface area (Å²) in [4.78, 5) is 14.4. The van der Waals surface area contributed by atoms with Gasteiger partial charge in [-0.15, -0.1) is 0 Å². The average Bonchev–Trinajstić information content (AvgIpc) is 2.39. The van der Waals surface area contributed by atoms with Gasteiger partial charge in [0.2, 0.25) is 5.91 Å². The second kappa shape index (κ2) is 7.41. The first-order chi connectivity index (χ1) is 9.31. The minimum Gasteiger partial charge on any atom is -0.368 e. The molecule has 0 saturated carbocycles. The highest BCUT2D eigenvalue weighted by Crippen LogP contribution is 2.27. The Bertz CT molecular complexity index is 321. The van der Waals surface area contributed by atoms with E-state index in [1.807, 2.05) is 6.92 Å². The summed E-state index contributed by atoms with van der Waals surface area (Å²) in [6.07, 6.45) is 4.35. The topological polar surface area (TPSA) is 58.4 Å². The SMILES string of the molecule is CCCNC(C)(CC(C)N1CCCC(C)C1C)C(N)=O. The zero-order chi connectivity index (χ0) is 15.3. The second-order valence-electron chi connectivity index (χ2n) is 6.77. The zero-order valence-corrected chi connectivity index (χ0v) is 13.9. The number of nitrogens with one attached hydrogen (secondary N) is 1. The Morgan fingerprint density at radius 2 is 2.15 bits per heavy atom.